The third-order valence-corrected chi connectivity index (χ3v) is 6.31. The van der Waals surface area contributed by atoms with Crippen molar-refractivity contribution in [1.82, 2.24) is 9.55 Å². The largest absolute Gasteiger partial charge is 0.493 e. The first kappa shape index (κ1) is 22.7. The third kappa shape index (κ3) is 4.39. The van der Waals surface area contributed by atoms with Crippen molar-refractivity contribution in [2.24, 2.45) is 0 Å². The number of aromatic nitrogens is 2. The molecule has 3 aromatic carbocycles. The van der Waals surface area contributed by atoms with Gasteiger partial charge in [0.25, 0.3) is 0 Å². The molecule has 0 fully saturated rings. The van der Waals surface area contributed by atoms with Crippen LogP contribution in [0.25, 0.3) is 16.7 Å². The molecule has 0 unspecified atom stereocenters. The molecule has 0 amide bonds. The van der Waals surface area contributed by atoms with Crippen molar-refractivity contribution in [2.75, 3.05) is 18.5 Å². The van der Waals surface area contributed by atoms with Crippen molar-refractivity contribution in [3.8, 4) is 17.4 Å². The molecule has 2 N–H and O–H groups in total. The van der Waals surface area contributed by atoms with Crippen LogP contribution in [0, 0.1) is 12.7 Å². The first-order valence-corrected chi connectivity index (χ1v) is 11.6. The molecule has 7 nitrogen and oxygen atoms in total. The number of fused-ring (bicyclic) bond motifs is 2. The minimum Gasteiger partial charge on any atom is -0.493 e. The number of imidazole rings is 1. The second kappa shape index (κ2) is 9.29. The summed E-state index contributed by atoms with van der Waals surface area (Å²) in [7, 11) is 0. The van der Waals surface area contributed by atoms with Crippen LogP contribution in [-0.2, 0) is 11.3 Å². The number of nitrogens with one attached hydrogen (secondary N) is 1. The van der Waals surface area contributed by atoms with E-state index in [1.165, 1.54) is 12.1 Å². The Hall–Kier alpha value is -4.07. The van der Waals surface area contributed by atoms with Crippen molar-refractivity contribution in [3.05, 3.63) is 77.1 Å². The van der Waals surface area contributed by atoms with E-state index in [4.69, 9.17) is 14.6 Å². The third-order valence-electron chi connectivity index (χ3n) is 6.31. The highest BCUT2D eigenvalue weighted by Gasteiger charge is 2.26. The van der Waals surface area contributed by atoms with Crippen LogP contribution < -0.4 is 14.8 Å². The summed E-state index contributed by atoms with van der Waals surface area (Å²) in [5.41, 5.74) is 6.07. The van der Waals surface area contributed by atoms with Gasteiger partial charge in [0.2, 0.25) is 0 Å². The SMILES string of the molecule is CCOc1nc2ccc(F)cc2n1-c1cccc(CNc2ccc3c(c2)OC[C@H]3CC(=O)O)c1C. The maximum Gasteiger partial charge on any atom is 0.304 e. The molecule has 0 spiro atoms. The summed E-state index contributed by atoms with van der Waals surface area (Å²) in [6.07, 6.45) is 0.0579. The van der Waals surface area contributed by atoms with Crippen LogP contribution >= 0.6 is 0 Å². The Kier molecular flexibility index (Phi) is 6.03. The van der Waals surface area contributed by atoms with Crippen LogP contribution in [-0.4, -0.2) is 33.8 Å². The van der Waals surface area contributed by atoms with Crippen LogP contribution in [0.3, 0.4) is 0 Å². The van der Waals surface area contributed by atoms with Gasteiger partial charge in [-0.2, -0.15) is 4.98 Å². The Bertz CT molecular complexity index is 1420. The van der Waals surface area contributed by atoms with Gasteiger partial charge in [-0.15, -0.1) is 0 Å². The maximum atomic E-state index is 14.1. The van der Waals surface area contributed by atoms with Crippen LogP contribution in [0.15, 0.2) is 54.6 Å². The highest BCUT2D eigenvalue weighted by atomic mass is 19.1. The van der Waals surface area contributed by atoms with Gasteiger partial charge in [-0.3, -0.25) is 9.36 Å². The van der Waals surface area contributed by atoms with Gasteiger partial charge in [0.1, 0.15) is 11.6 Å². The number of aliphatic carboxylic acids is 1. The number of carboxylic acid groups (broad SMARTS) is 1. The van der Waals surface area contributed by atoms with Crippen molar-refractivity contribution >= 4 is 22.7 Å². The zero-order chi connectivity index (χ0) is 24.5. The molecule has 0 bridgehead atoms. The number of hydrogen-bond acceptors (Lipinski definition) is 5. The highest BCUT2D eigenvalue weighted by Crippen LogP contribution is 2.38. The number of anilines is 1. The molecule has 0 aliphatic carbocycles. The summed E-state index contributed by atoms with van der Waals surface area (Å²) in [4.78, 5) is 15.6. The van der Waals surface area contributed by atoms with Gasteiger partial charge in [-0.05, 0) is 49.2 Å². The van der Waals surface area contributed by atoms with Crippen LogP contribution in [0.2, 0.25) is 0 Å². The lowest BCUT2D eigenvalue weighted by molar-refractivity contribution is -0.137. The number of benzene rings is 3. The summed E-state index contributed by atoms with van der Waals surface area (Å²) >= 11 is 0. The smallest absolute Gasteiger partial charge is 0.304 e. The van der Waals surface area contributed by atoms with Gasteiger partial charge in [-0.1, -0.05) is 18.2 Å². The molecular weight excluding hydrogens is 449 g/mol. The molecule has 1 aromatic heterocycles. The van der Waals surface area contributed by atoms with E-state index in [9.17, 15) is 9.18 Å². The molecule has 1 aliphatic heterocycles. The Balaban J connectivity index is 1.42. The Morgan fingerprint density at radius 2 is 2.11 bits per heavy atom. The Morgan fingerprint density at radius 3 is 2.91 bits per heavy atom. The Labute approximate surface area is 202 Å². The average molecular weight is 476 g/mol. The quantitative estimate of drug-likeness (QED) is 0.353. The van der Waals surface area contributed by atoms with E-state index in [1.807, 2.05) is 54.8 Å². The maximum absolute atomic E-state index is 14.1. The summed E-state index contributed by atoms with van der Waals surface area (Å²) in [5, 5.41) is 12.5. The van der Waals surface area contributed by atoms with E-state index in [0.717, 1.165) is 33.8 Å². The topological polar surface area (TPSA) is 85.6 Å². The number of rotatable bonds is 8. The summed E-state index contributed by atoms with van der Waals surface area (Å²) in [5.74, 6) is -0.559. The normalized spacial score (nSPS) is 14.5. The second-order valence-electron chi connectivity index (χ2n) is 8.57. The number of ether oxygens (including phenoxy) is 2. The molecule has 180 valence electrons. The molecule has 0 saturated carbocycles. The molecular formula is C27H26FN3O4. The predicted octanol–water partition coefficient (Wildman–Crippen LogP) is 5.43. The molecule has 0 radical (unpaired) electrons. The fourth-order valence-corrected chi connectivity index (χ4v) is 4.55. The standard InChI is InChI=1S/C27H26FN3O4/c1-3-34-27-30-22-10-7-19(28)12-24(22)31(27)23-6-4-5-17(16(23)2)14-29-20-8-9-21-18(11-26(32)33)15-35-25(21)13-20/h4-10,12-13,18,29H,3,11,14-15H2,1-2H3,(H,32,33)/t18-/m1/s1. The van der Waals surface area contributed by atoms with Gasteiger partial charge in [-0.25, -0.2) is 4.39 Å². The average Bonchev–Trinajstić information content (AvgIpc) is 3.38. The van der Waals surface area contributed by atoms with Crippen molar-refractivity contribution in [1.29, 1.82) is 0 Å². The van der Waals surface area contributed by atoms with Gasteiger partial charge >= 0.3 is 12.0 Å². The fraction of sp³-hybridized carbons (Fsp3) is 0.259. The van der Waals surface area contributed by atoms with E-state index in [0.29, 0.717) is 36.8 Å². The van der Waals surface area contributed by atoms with E-state index in [2.05, 4.69) is 10.3 Å². The number of halogens is 1. The van der Waals surface area contributed by atoms with Crippen molar-refractivity contribution in [3.63, 3.8) is 0 Å². The lowest BCUT2D eigenvalue weighted by atomic mass is 9.98. The van der Waals surface area contributed by atoms with Crippen LogP contribution in [0.5, 0.6) is 11.8 Å². The van der Waals surface area contributed by atoms with Crippen molar-refractivity contribution < 1.29 is 23.8 Å². The molecule has 4 aromatic rings. The van der Waals surface area contributed by atoms with Crippen LogP contribution in [0.4, 0.5) is 10.1 Å². The molecule has 35 heavy (non-hydrogen) atoms. The minimum absolute atomic E-state index is 0.0579. The van der Waals surface area contributed by atoms with E-state index in [1.54, 1.807) is 6.07 Å². The van der Waals surface area contributed by atoms with Gasteiger partial charge in [0.15, 0.2) is 0 Å². The monoisotopic (exact) mass is 475 g/mol. The number of carboxylic acids is 1. The minimum atomic E-state index is -0.829. The highest BCUT2D eigenvalue weighted by molar-refractivity contribution is 5.79. The van der Waals surface area contributed by atoms with E-state index >= 15 is 0 Å². The predicted molar refractivity (Wildman–Crippen MR) is 131 cm³/mol. The zero-order valence-corrected chi connectivity index (χ0v) is 19.5. The van der Waals surface area contributed by atoms with Gasteiger partial charge < -0.3 is 19.9 Å². The summed E-state index contributed by atoms with van der Waals surface area (Å²) in [6, 6.07) is 16.7. The summed E-state index contributed by atoms with van der Waals surface area (Å²) < 4.78 is 27.4. The second-order valence-corrected chi connectivity index (χ2v) is 8.57. The molecule has 1 atom stereocenters. The van der Waals surface area contributed by atoms with Crippen LogP contribution in [0.1, 0.15) is 36.0 Å². The van der Waals surface area contributed by atoms with Gasteiger partial charge in [0, 0.05) is 35.8 Å². The number of hydrogen-bond donors (Lipinski definition) is 2. The number of carbonyl (C=O) groups is 1. The zero-order valence-electron chi connectivity index (χ0n) is 19.5. The lowest BCUT2D eigenvalue weighted by Gasteiger charge is -2.16. The first-order valence-electron chi connectivity index (χ1n) is 11.6. The number of nitrogens with zero attached hydrogens (tertiary/aromatic N) is 2. The van der Waals surface area contributed by atoms with E-state index < -0.39 is 5.97 Å². The molecule has 2 heterocycles. The lowest BCUT2D eigenvalue weighted by Crippen LogP contribution is -2.07. The van der Waals surface area contributed by atoms with Gasteiger partial charge in [0.05, 0.1) is 36.4 Å². The fourth-order valence-electron chi connectivity index (χ4n) is 4.55. The molecule has 5 rings (SSSR count). The Morgan fingerprint density at radius 1 is 1.26 bits per heavy atom. The molecule has 8 heteroatoms. The molecule has 1 aliphatic rings. The first-order chi connectivity index (χ1) is 16.9. The van der Waals surface area contributed by atoms with E-state index in [-0.39, 0.29) is 18.2 Å². The molecule has 0 saturated heterocycles. The van der Waals surface area contributed by atoms with Crippen molar-refractivity contribution in [2.45, 2.75) is 32.7 Å². The summed E-state index contributed by atoms with van der Waals surface area (Å²) in [6.45, 7) is 5.30.